The van der Waals surface area contributed by atoms with Crippen molar-refractivity contribution in [1.29, 1.82) is 0 Å². The van der Waals surface area contributed by atoms with E-state index in [0.29, 0.717) is 25.5 Å². The highest BCUT2D eigenvalue weighted by Gasteiger charge is 2.17. The third-order valence-corrected chi connectivity index (χ3v) is 2.56. The fraction of sp³-hybridized carbons (Fsp3) is 0.900. The van der Waals surface area contributed by atoms with Crippen molar-refractivity contribution < 1.29 is 9.53 Å². The molecular weight excluding hydrogens is 166 g/mol. The molecule has 3 heteroatoms. The Bertz CT molecular complexity index is 153. The molecule has 0 radical (unpaired) electrons. The third-order valence-electron chi connectivity index (χ3n) is 2.56. The normalized spacial score (nSPS) is 18.5. The van der Waals surface area contributed by atoms with Gasteiger partial charge < -0.3 is 10.5 Å². The standard InChI is InChI=1S/C10H19NO2/c11-6-7-13-10(12)8-9-4-2-1-3-5-9/h9H,1-8,11H2. The Labute approximate surface area is 79.6 Å². The summed E-state index contributed by atoms with van der Waals surface area (Å²) in [5.74, 6) is 0.497. The maximum Gasteiger partial charge on any atom is 0.306 e. The van der Waals surface area contributed by atoms with Gasteiger partial charge in [0, 0.05) is 13.0 Å². The van der Waals surface area contributed by atoms with Gasteiger partial charge in [-0.1, -0.05) is 19.3 Å². The minimum absolute atomic E-state index is 0.0719. The van der Waals surface area contributed by atoms with Gasteiger partial charge in [-0.2, -0.15) is 0 Å². The van der Waals surface area contributed by atoms with Crippen LogP contribution in [0.5, 0.6) is 0 Å². The van der Waals surface area contributed by atoms with Gasteiger partial charge in [-0.25, -0.2) is 0 Å². The Balaban J connectivity index is 2.11. The predicted octanol–water partition coefficient (Wildman–Crippen LogP) is 1.46. The van der Waals surface area contributed by atoms with E-state index in [-0.39, 0.29) is 5.97 Å². The summed E-state index contributed by atoms with van der Waals surface area (Å²) in [7, 11) is 0. The predicted molar refractivity (Wildman–Crippen MR) is 51.2 cm³/mol. The Hall–Kier alpha value is -0.570. The first kappa shape index (κ1) is 10.5. The van der Waals surface area contributed by atoms with E-state index in [2.05, 4.69) is 0 Å². The summed E-state index contributed by atoms with van der Waals surface area (Å²) in [6.45, 7) is 0.794. The average molecular weight is 185 g/mol. The van der Waals surface area contributed by atoms with Gasteiger partial charge in [-0.15, -0.1) is 0 Å². The number of rotatable bonds is 4. The molecule has 1 rings (SSSR count). The summed E-state index contributed by atoms with van der Waals surface area (Å²) >= 11 is 0. The van der Waals surface area contributed by atoms with E-state index in [1.165, 1.54) is 32.1 Å². The molecule has 0 spiro atoms. The van der Waals surface area contributed by atoms with E-state index in [0.717, 1.165) is 0 Å². The second-order valence-corrected chi connectivity index (χ2v) is 3.72. The van der Waals surface area contributed by atoms with Gasteiger partial charge in [0.05, 0.1) is 0 Å². The highest BCUT2D eigenvalue weighted by molar-refractivity contribution is 5.69. The molecule has 0 atom stereocenters. The molecule has 2 N–H and O–H groups in total. The molecule has 0 saturated heterocycles. The number of carbonyl (C=O) groups excluding carboxylic acids is 1. The van der Waals surface area contributed by atoms with Gasteiger partial charge in [-0.05, 0) is 18.8 Å². The smallest absolute Gasteiger partial charge is 0.306 e. The van der Waals surface area contributed by atoms with Crippen LogP contribution < -0.4 is 5.73 Å². The molecule has 1 fully saturated rings. The molecule has 0 unspecified atom stereocenters. The number of hydrogen-bond acceptors (Lipinski definition) is 3. The SMILES string of the molecule is NCCOC(=O)CC1CCCCC1. The van der Waals surface area contributed by atoms with Gasteiger partial charge in [0.15, 0.2) is 0 Å². The zero-order valence-corrected chi connectivity index (χ0v) is 8.13. The van der Waals surface area contributed by atoms with E-state index in [1.54, 1.807) is 0 Å². The molecule has 0 aromatic rings. The average Bonchev–Trinajstić information content (AvgIpc) is 2.16. The van der Waals surface area contributed by atoms with Crippen molar-refractivity contribution in [3.63, 3.8) is 0 Å². The second kappa shape index (κ2) is 5.97. The number of nitrogens with two attached hydrogens (primary N) is 1. The van der Waals surface area contributed by atoms with Crippen LogP contribution in [0, 0.1) is 5.92 Å². The highest BCUT2D eigenvalue weighted by Crippen LogP contribution is 2.26. The number of esters is 1. The van der Waals surface area contributed by atoms with Crippen molar-refractivity contribution in [3.05, 3.63) is 0 Å². The molecule has 1 saturated carbocycles. The first-order chi connectivity index (χ1) is 6.33. The van der Waals surface area contributed by atoms with Crippen LogP contribution in [0.25, 0.3) is 0 Å². The Morgan fingerprint density at radius 1 is 1.31 bits per heavy atom. The first-order valence-electron chi connectivity index (χ1n) is 5.18. The summed E-state index contributed by atoms with van der Waals surface area (Å²) in [6.07, 6.45) is 6.85. The molecule has 0 heterocycles. The molecule has 1 aliphatic carbocycles. The van der Waals surface area contributed by atoms with Gasteiger partial charge in [0.25, 0.3) is 0 Å². The molecular formula is C10H19NO2. The molecule has 13 heavy (non-hydrogen) atoms. The topological polar surface area (TPSA) is 52.3 Å². The zero-order chi connectivity index (χ0) is 9.52. The molecule has 1 aliphatic rings. The monoisotopic (exact) mass is 185 g/mol. The molecule has 3 nitrogen and oxygen atoms in total. The van der Waals surface area contributed by atoms with Gasteiger partial charge in [0.2, 0.25) is 0 Å². The van der Waals surface area contributed by atoms with Crippen LogP contribution in [0.3, 0.4) is 0 Å². The molecule has 0 amide bonds. The van der Waals surface area contributed by atoms with Crippen LogP contribution in [0.4, 0.5) is 0 Å². The van der Waals surface area contributed by atoms with Crippen molar-refractivity contribution in [2.45, 2.75) is 38.5 Å². The van der Waals surface area contributed by atoms with Gasteiger partial charge in [0.1, 0.15) is 6.61 Å². The van der Waals surface area contributed by atoms with Crippen LogP contribution in [-0.4, -0.2) is 19.1 Å². The Kier molecular flexibility index (Phi) is 4.83. The van der Waals surface area contributed by atoms with E-state index in [9.17, 15) is 4.79 Å². The zero-order valence-electron chi connectivity index (χ0n) is 8.13. The molecule has 76 valence electrons. The molecule has 0 bridgehead atoms. The quantitative estimate of drug-likeness (QED) is 0.674. The van der Waals surface area contributed by atoms with Gasteiger partial charge in [-0.3, -0.25) is 4.79 Å². The van der Waals surface area contributed by atoms with Crippen LogP contribution in [0.15, 0.2) is 0 Å². The number of hydrogen-bond donors (Lipinski definition) is 1. The van der Waals surface area contributed by atoms with Crippen molar-refractivity contribution in [2.75, 3.05) is 13.2 Å². The van der Waals surface area contributed by atoms with E-state index in [4.69, 9.17) is 10.5 Å². The summed E-state index contributed by atoms with van der Waals surface area (Å²) in [5, 5.41) is 0. The lowest BCUT2D eigenvalue weighted by Gasteiger charge is -2.20. The fourth-order valence-corrected chi connectivity index (χ4v) is 1.86. The molecule has 0 aliphatic heterocycles. The van der Waals surface area contributed by atoms with Crippen LogP contribution in [0.2, 0.25) is 0 Å². The lowest BCUT2D eigenvalue weighted by atomic mass is 9.87. The van der Waals surface area contributed by atoms with E-state index >= 15 is 0 Å². The maximum atomic E-state index is 11.2. The van der Waals surface area contributed by atoms with E-state index in [1.807, 2.05) is 0 Å². The van der Waals surface area contributed by atoms with Crippen molar-refractivity contribution in [1.82, 2.24) is 0 Å². The third kappa shape index (κ3) is 4.27. The molecule has 0 aromatic carbocycles. The lowest BCUT2D eigenvalue weighted by Crippen LogP contribution is -2.17. The Morgan fingerprint density at radius 3 is 2.62 bits per heavy atom. The summed E-state index contributed by atoms with van der Waals surface area (Å²) < 4.78 is 4.93. The maximum absolute atomic E-state index is 11.2. The largest absolute Gasteiger partial charge is 0.464 e. The van der Waals surface area contributed by atoms with Crippen LogP contribution >= 0.6 is 0 Å². The second-order valence-electron chi connectivity index (χ2n) is 3.72. The minimum atomic E-state index is -0.0719. The van der Waals surface area contributed by atoms with Gasteiger partial charge >= 0.3 is 5.97 Å². The van der Waals surface area contributed by atoms with Crippen molar-refractivity contribution in [3.8, 4) is 0 Å². The number of carbonyl (C=O) groups is 1. The highest BCUT2D eigenvalue weighted by atomic mass is 16.5. The fourth-order valence-electron chi connectivity index (χ4n) is 1.86. The Morgan fingerprint density at radius 2 is 2.00 bits per heavy atom. The molecule has 0 aromatic heterocycles. The summed E-state index contributed by atoms with van der Waals surface area (Å²) in [5.41, 5.74) is 5.23. The van der Waals surface area contributed by atoms with Crippen molar-refractivity contribution in [2.24, 2.45) is 11.7 Å². The first-order valence-corrected chi connectivity index (χ1v) is 5.18. The number of ether oxygens (including phenoxy) is 1. The van der Waals surface area contributed by atoms with Crippen LogP contribution in [-0.2, 0) is 9.53 Å². The van der Waals surface area contributed by atoms with Crippen molar-refractivity contribution >= 4 is 5.97 Å². The summed E-state index contributed by atoms with van der Waals surface area (Å²) in [4.78, 5) is 11.2. The summed E-state index contributed by atoms with van der Waals surface area (Å²) in [6, 6.07) is 0. The minimum Gasteiger partial charge on any atom is -0.464 e. The van der Waals surface area contributed by atoms with E-state index < -0.39 is 0 Å². The van der Waals surface area contributed by atoms with Crippen LogP contribution in [0.1, 0.15) is 38.5 Å². The lowest BCUT2D eigenvalue weighted by molar-refractivity contribution is -0.144.